The zero-order valence-electron chi connectivity index (χ0n) is 14.8. The van der Waals surface area contributed by atoms with E-state index in [0.29, 0.717) is 6.42 Å². The highest BCUT2D eigenvalue weighted by molar-refractivity contribution is 5.84. The van der Waals surface area contributed by atoms with E-state index in [9.17, 15) is 9.59 Å². The number of ether oxygens (including phenoxy) is 1. The average molecular weight is 340 g/mol. The van der Waals surface area contributed by atoms with E-state index in [4.69, 9.17) is 10.5 Å². The number of nitrogens with two attached hydrogens (primary N) is 1. The van der Waals surface area contributed by atoms with Gasteiger partial charge in [-0.2, -0.15) is 0 Å². The van der Waals surface area contributed by atoms with Crippen LogP contribution in [-0.4, -0.2) is 23.6 Å². The van der Waals surface area contributed by atoms with Gasteiger partial charge in [0.2, 0.25) is 5.91 Å². The van der Waals surface area contributed by atoms with E-state index in [-0.39, 0.29) is 0 Å². The van der Waals surface area contributed by atoms with Gasteiger partial charge in [0.1, 0.15) is 11.6 Å². The second-order valence-electron chi connectivity index (χ2n) is 6.87. The SMILES string of the molecule is CC(C)(C)OC(=O)NC(Cc1ccc(-c2ccccc2)cc1)C(N)=O. The summed E-state index contributed by atoms with van der Waals surface area (Å²) in [6.45, 7) is 5.27. The maximum absolute atomic E-state index is 11.9. The first-order valence-corrected chi connectivity index (χ1v) is 8.18. The van der Waals surface area contributed by atoms with Gasteiger partial charge in [-0.05, 0) is 37.5 Å². The van der Waals surface area contributed by atoms with E-state index in [1.807, 2.05) is 54.6 Å². The lowest BCUT2D eigenvalue weighted by Gasteiger charge is -2.22. The van der Waals surface area contributed by atoms with E-state index in [1.54, 1.807) is 20.8 Å². The number of alkyl carbamates (subject to hydrolysis) is 1. The van der Waals surface area contributed by atoms with Gasteiger partial charge in [-0.25, -0.2) is 4.79 Å². The monoisotopic (exact) mass is 340 g/mol. The Morgan fingerprint density at radius 2 is 1.56 bits per heavy atom. The molecule has 0 saturated carbocycles. The molecule has 0 aliphatic rings. The lowest BCUT2D eigenvalue weighted by Crippen LogP contribution is -2.47. The normalized spacial score (nSPS) is 12.3. The topological polar surface area (TPSA) is 81.4 Å². The van der Waals surface area contributed by atoms with Crippen LogP contribution in [0.5, 0.6) is 0 Å². The Kier molecular flexibility index (Phi) is 5.80. The second kappa shape index (κ2) is 7.83. The Hall–Kier alpha value is -2.82. The first kappa shape index (κ1) is 18.5. The van der Waals surface area contributed by atoms with Crippen molar-refractivity contribution in [2.24, 2.45) is 5.73 Å². The highest BCUT2D eigenvalue weighted by Crippen LogP contribution is 2.19. The molecule has 0 bridgehead atoms. The van der Waals surface area contributed by atoms with Crippen LogP contribution in [-0.2, 0) is 16.0 Å². The first-order chi connectivity index (χ1) is 11.7. The molecular formula is C20H24N2O3. The van der Waals surface area contributed by atoms with E-state index >= 15 is 0 Å². The van der Waals surface area contributed by atoms with E-state index in [0.717, 1.165) is 16.7 Å². The summed E-state index contributed by atoms with van der Waals surface area (Å²) in [6.07, 6.45) is -0.346. The van der Waals surface area contributed by atoms with Crippen LogP contribution in [0, 0.1) is 0 Å². The minimum atomic E-state index is -0.822. The molecule has 2 aromatic carbocycles. The summed E-state index contributed by atoms with van der Waals surface area (Å²) < 4.78 is 5.18. The Morgan fingerprint density at radius 1 is 1.00 bits per heavy atom. The van der Waals surface area contributed by atoms with Crippen LogP contribution in [0.3, 0.4) is 0 Å². The number of hydrogen-bond acceptors (Lipinski definition) is 3. The number of amides is 2. The summed E-state index contributed by atoms with van der Waals surface area (Å²) >= 11 is 0. The van der Waals surface area contributed by atoms with Gasteiger partial charge in [-0.3, -0.25) is 4.79 Å². The molecule has 0 aliphatic carbocycles. The van der Waals surface area contributed by atoms with Crippen molar-refractivity contribution in [3.05, 3.63) is 60.2 Å². The molecule has 0 spiro atoms. The third-order valence-corrected chi connectivity index (χ3v) is 3.54. The van der Waals surface area contributed by atoms with Gasteiger partial charge in [-0.1, -0.05) is 54.6 Å². The predicted octanol–water partition coefficient (Wildman–Crippen LogP) is 3.27. The van der Waals surface area contributed by atoms with Gasteiger partial charge in [0.15, 0.2) is 0 Å². The molecule has 3 N–H and O–H groups in total. The molecule has 25 heavy (non-hydrogen) atoms. The van der Waals surface area contributed by atoms with Crippen LogP contribution < -0.4 is 11.1 Å². The van der Waals surface area contributed by atoms with E-state index in [2.05, 4.69) is 5.32 Å². The maximum Gasteiger partial charge on any atom is 0.408 e. The summed E-state index contributed by atoms with van der Waals surface area (Å²) in [5.74, 6) is -0.599. The first-order valence-electron chi connectivity index (χ1n) is 8.18. The van der Waals surface area contributed by atoms with Crippen molar-refractivity contribution in [1.29, 1.82) is 0 Å². The summed E-state index contributed by atoms with van der Waals surface area (Å²) in [4.78, 5) is 23.5. The van der Waals surface area contributed by atoms with E-state index < -0.39 is 23.6 Å². The summed E-state index contributed by atoms with van der Waals surface area (Å²) in [5, 5.41) is 2.53. The molecule has 2 aromatic rings. The zero-order valence-corrected chi connectivity index (χ0v) is 14.8. The van der Waals surface area contributed by atoms with Gasteiger partial charge in [-0.15, -0.1) is 0 Å². The fourth-order valence-corrected chi connectivity index (χ4v) is 2.37. The van der Waals surface area contributed by atoms with Crippen LogP contribution in [0.4, 0.5) is 4.79 Å². The van der Waals surface area contributed by atoms with Gasteiger partial charge < -0.3 is 15.8 Å². The average Bonchev–Trinajstić information content (AvgIpc) is 2.54. The predicted molar refractivity (Wildman–Crippen MR) is 97.9 cm³/mol. The minimum Gasteiger partial charge on any atom is -0.444 e. The highest BCUT2D eigenvalue weighted by Gasteiger charge is 2.22. The van der Waals surface area contributed by atoms with Gasteiger partial charge >= 0.3 is 6.09 Å². The van der Waals surface area contributed by atoms with Crippen molar-refractivity contribution in [3.8, 4) is 11.1 Å². The van der Waals surface area contributed by atoms with Crippen molar-refractivity contribution < 1.29 is 14.3 Å². The molecule has 0 saturated heterocycles. The maximum atomic E-state index is 11.9. The molecule has 0 radical (unpaired) electrons. The number of hydrogen-bond donors (Lipinski definition) is 2. The Labute approximate surface area is 148 Å². The molecule has 0 aliphatic heterocycles. The number of nitrogens with one attached hydrogen (secondary N) is 1. The van der Waals surface area contributed by atoms with Gasteiger partial charge in [0, 0.05) is 6.42 Å². The molecule has 0 aromatic heterocycles. The molecule has 0 heterocycles. The molecule has 5 heteroatoms. The largest absolute Gasteiger partial charge is 0.444 e. The van der Waals surface area contributed by atoms with Crippen LogP contribution >= 0.6 is 0 Å². The third-order valence-electron chi connectivity index (χ3n) is 3.54. The molecular weight excluding hydrogens is 316 g/mol. The van der Waals surface area contributed by atoms with Crippen molar-refractivity contribution in [1.82, 2.24) is 5.32 Å². The molecule has 2 amide bonds. The zero-order chi connectivity index (χ0) is 18.4. The number of rotatable bonds is 5. The van der Waals surface area contributed by atoms with Crippen molar-refractivity contribution in [2.45, 2.75) is 38.8 Å². The van der Waals surface area contributed by atoms with Crippen molar-refractivity contribution in [3.63, 3.8) is 0 Å². The standard InChI is InChI=1S/C20H24N2O3/c1-20(2,3)25-19(24)22-17(18(21)23)13-14-9-11-16(12-10-14)15-7-5-4-6-8-15/h4-12,17H,13H2,1-3H3,(H2,21,23)(H,22,24). The molecule has 1 atom stereocenters. The van der Waals surface area contributed by atoms with Crippen LogP contribution in [0.25, 0.3) is 11.1 Å². The minimum absolute atomic E-state index is 0.309. The molecule has 5 nitrogen and oxygen atoms in total. The molecule has 2 rings (SSSR count). The quantitative estimate of drug-likeness (QED) is 0.876. The van der Waals surface area contributed by atoms with Crippen LogP contribution in [0.1, 0.15) is 26.3 Å². The van der Waals surface area contributed by atoms with E-state index in [1.165, 1.54) is 0 Å². The smallest absolute Gasteiger partial charge is 0.408 e. The molecule has 1 unspecified atom stereocenters. The fourth-order valence-electron chi connectivity index (χ4n) is 2.37. The lowest BCUT2D eigenvalue weighted by molar-refractivity contribution is -0.120. The summed E-state index contributed by atoms with van der Waals surface area (Å²) in [6, 6.07) is 17.0. The lowest BCUT2D eigenvalue weighted by atomic mass is 10.0. The fraction of sp³-hybridized carbons (Fsp3) is 0.300. The molecule has 132 valence electrons. The summed E-state index contributed by atoms with van der Waals surface area (Å²) in [5.41, 5.74) is 7.88. The second-order valence-corrected chi connectivity index (χ2v) is 6.87. The van der Waals surface area contributed by atoms with Gasteiger partial charge in [0.05, 0.1) is 0 Å². The van der Waals surface area contributed by atoms with Crippen molar-refractivity contribution >= 4 is 12.0 Å². The Bertz CT molecular complexity index is 719. The van der Waals surface area contributed by atoms with Gasteiger partial charge in [0.25, 0.3) is 0 Å². The van der Waals surface area contributed by atoms with Crippen LogP contribution in [0.2, 0.25) is 0 Å². The highest BCUT2D eigenvalue weighted by atomic mass is 16.6. The Balaban J connectivity index is 2.04. The number of carbonyl (C=O) groups excluding carboxylic acids is 2. The Morgan fingerprint density at radius 3 is 2.08 bits per heavy atom. The van der Waals surface area contributed by atoms with Crippen LogP contribution in [0.15, 0.2) is 54.6 Å². The van der Waals surface area contributed by atoms with Crippen molar-refractivity contribution in [2.75, 3.05) is 0 Å². The third kappa shape index (κ3) is 5.95. The number of carbonyl (C=O) groups is 2. The number of primary amides is 1. The number of benzene rings is 2. The molecule has 0 fully saturated rings. The summed E-state index contributed by atoms with van der Waals surface area (Å²) in [7, 11) is 0.